The van der Waals surface area contributed by atoms with Crippen molar-refractivity contribution in [1.29, 1.82) is 0 Å². The van der Waals surface area contributed by atoms with Gasteiger partial charge in [0.2, 0.25) is 0 Å². The standard InChI is InChI=1S/C6H8O7.C5H12N2/c7-3(8)1-6(13,5(11)12)2-4(9)10;1-5-4-6-2-3-7-5/h13H,1-2H2,(H,7,8)(H,9,10)(H,11,12);5-7H,2-4H2,1H3. The van der Waals surface area contributed by atoms with E-state index >= 15 is 0 Å². The number of carbonyl (C=O) groups is 3. The quantitative estimate of drug-likeness (QED) is 0.348. The van der Waals surface area contributed by atoms with Crippen molar-refractivity contribution < 1.29 is 34.8 Å². The average Bonchev–Trinajstić information content (AvgIpc) is 2.28. The average molecular weight is 292 g/mol. The van der Waals surface area contributed by atoms with Gasteiger partial charge < -0.3 is 31.1 Å². The second kappa shape index (κ2) is 8.46. The smallest absolute Gasteiger partial charge is 0.336 e. The van der Waals surface area contributed by atoms with Gasteiger partial charge in [0.25, 0.3) is 0 Å². The first kappa shape index (κ1) is 18.3. The van der Waals surface area contributed by atoms with Crippen LogP contribution in [0.1, 0.15) is 19.8 Å². The second-order valence-electron chi connectivity index (χ2n) is 4.54. The van der Waals surface area contributed by atoms with Crippen molar-refractivity contribution in [3.05, 3.63) is 0 Å². The lowest BCUT2D eigenvalue weighted by Crippen LogP contribution is -2.46. The Hall–Kier alpha value is -1.71. The van der Waals surface area contributed by atoms with Crippen molar-refractivity contribution in [2.75, 3.05) is 19.6 Å². The molecule has 0 saturated carbocycles. The predicted octanol–water partition coefficient (Wildman–Crippen LogP) is -1.68. The van der Waals surface area contributed by atoms with E-state index in [1.807, 2.05) is 0 Å². The monoisotopic (exact) mass is 292 g/mol. The molecular weight excluding hydrogens is 272 g/mol. The highest BCUT2D eigenvalue weighted by atomic mass is 16.4. The highest BCUT2D eigenvalue weighted by Gasteiger charge is 2.40. The van der Waals surface area contributed by atoms with Gasteiger partial charge in [-0.1, -0.05) is 0 Å². The second-order valence-corrected chi connectivity index (χ2v) is 4.54. The van der Waals surface area contributed by atoms with Crippen LogP contribution in [0.2, 0.25) is 0 Å². The van der Waals surface area contributed by atoms with Crippen LogP contribution in [0.3, 0.4) is 0 Å². The minimum absolute atomic E-state index is 0.675. The zero-order valence-corrected chi connectivity index (χ0v) is 11.1. The van der Waals surface area contributed by atoms with Crippen LogP contribution in [0.25, 0.3) is 0 Å². The molecule has 1 heterocycles. The summed E-state index contributed by atoms with van der Waals surface area (Å²) < 4.78 is 0. The number of rotatable bonds is 5. The zero-order chi connectivity index (χ0) is 15.8. The molecule has 1 fully saturated rings. The van der Waals surface area contributed by atoms with Crippen LogP contribution < -0.4 is 10.6 Å². The summed E-state index contributed by atoms with van der Waals surface area (Å²) in [5.74, 6) is -5.02. The summed E-state index contributed by atoms with van der Waals surface area (Å²) in [7, 11) is 0. The summed E-state index contributed by atoms with van der Waals surface area (Å²) >= 11 is 0. The van der Waals surface area contributed by atoms with E-state index in [4.69, 9.17) is 20.4 Å². The maximum atomic E-state index is 10.3. The molecule has 6 N–H and O–H groups in total. The molecule has 0 radical (unpaired) electrons. The summed E-state index contributed by atoms with van der Waals surface area (Å²) in [6.07, 6.45) is -2.29. The summed E-state index contributed by atoms with van der Waals surface area (Å²) in [5, 5.41) is 40.4. The SMILES string of the molecule is CC1CNCCN1.O=C(O)CC(O)(CC(=O)O)C(=O)O. The van der Waals surface area contributed by atoms with E-state index in [0.717, 1.165) is 19.6 Å². The maximum Gasteiger partial charge on any atom is 0.336 e. The van der Waals surface area contributed by atoms with E-state index in [2.05, 4.69) is 17.6 Å². The molecule has 0 aromatic carbocycles. The van der Waals surface area contributed by atoms with E-state index in [-0.39, 0.29) is 0 Å². The third-order valence-electron chi connectivity index (χ3n) is 2.53. The van der Waals surface area contributed by atoms with Crippen LogP contribution in [-0.4, -0.2) is 69.6 Å². The van der Waals surface area contributed by atoms with Crippen LogP contribution >= 0.6 is 0 Å². The zero-order valence-electron chi connectivity index (χ0n) is 11.1. The molecule has 0 amide bonds. The first-order chi connectivity index (χ1) is 9.17. The van der Waals surface area contributed by atoms with Gasteiger partial charge in [0, 0.05) is 25.7 Å². The van der Waals surface area contributed by atoms with Crippen LogP contribution in [0, 0.1) is 0 Å². The lowest BCUT2D eigenvalue weighted by molar-refractivity contribution is -0.170. The molecule has 0 spiro atoms. The third-order valence-corrected chi connectivity index (χ3v) is 2.53. The lowest BCUT2D eigenvalue weighted by Gasteiger charge is -2.19. The maximum absolute atomic E-state index is 10.3. The molecule has 1 rings (SSSR count). The Morgan fingerprint density at radius 1 is 1.10 bits per heavy atom. The molecule has 9 nitrogen and oxygen atoms in total. The first-order valence-electron chi connectivity index (χ1n) is 6.01. The Morgan fingerprint density at radius 2 is 1.60 bits per heavy atom. The van der Waals surface area contributed by atoms with Crippen LogP contribution in [0.15, 0.2) is 0 Å². The van der Waals surface area contributed by atoms with Gasteiger partial charge >= 0.3 is 17.9 Å². The van der Waals surface area contributed by atoms with Crippen molar-refractivity contribution in [2.24, 2.45) is 0 Å². The molecule has 0 aromatic heterocycles. The molecule has 20 heavy (non-hydrogen) atoms. The number of aliphatic carboxylic acids is 3. The van der Waals surface area contributed by atoms with Crippen LogP contribution in [0.4, 0.5) is 0 Å². The summed E-state index contributed by atoms with van der Waals surface area (Å²) in [5.41, 5.74) is -2.74. The van der Waals surface area contributed by atoms with Gasteiger partial charge in [-0.05, 0) is 6.92 Å². The fourth-order valence-electron chi connectivity index (χ4n) is 1.51. The van der Waals surface area contributed by atoms with Crippen molar-refractivity contribution in [3.63, 3.8) is 0 Å². The highest BCUT2D eigenvalue weighted by molar-refractivity contribution is 5.88. The van der Waals surface area contributed by atoms with Gasteiger partial charge in [-0.3, -0.25) is 9.59 Å². The van der Waals surface area contributed by atoms with E-state index in [9.17, 15) is 14.4 Å². The molecule has 1 unspecified atom stereocenters. The molecule has 0 bridgehead atoms. The van der Waals surface area contributed by atoms with Gasteiger partial charge in [0.15, 0.2) is 5.60 Å². The first-order valence-corrected chi connectivity index (χ1v) is 6.01. The highest BCUT2D eigenvalue weighted by Crippen LogP contribution is 2.15. The third kappa shape index (κ3) is 7.67. The fraction of sp³-hybridized carbons (Fsp3) is 0.727. The Balaban J connectivity index is 0.000000428. The minimum Gasteiger partial charge on any atom is -0.481 e. The Labute approximate surface area is 115 Å². The molecule has 1 saturated heterocycles. The molecule has 0 aliphatic carbocycles. The Bertz CT molecular complexity index is 337. The summed E-state index contributed by atoms with van der Waals surface area (Å²) in [6.45, 7) is 5.57. The number of hydrogen-bond acceptors (Lipinski definition) is 6. The lowest BCUT2D eigenvalue weighted by atomic mass is 9.96. The minimum atomic E-state index is -2.74. The van der Waals surface area contributed by atoms with E-state index in [1.165, 1.54) is 0 Å². The van der Waals surface area contributed by atoms with E-state index in [0.29, 0.717) is 6.04 Å². The van der Waals surface area contributed by atoms with Crippen molar-refractivity contribution >= 4 is 17.9 Å². The number of nitrogens with one attached hydrogen (secondary N) is 2. The Kier molecular flexibility index (Phi) is 7.74. The molecule has 116 valence electrons. The normalized spacial score (nSPS) is 18.6. The molecule has 1 atom stereocenters. The number of aliphatic hydroxyl groups is 1. The van der Waals surface area contributed by atoms with E-state index in [1.54, 1.807) is 0 Å². The molecule has 1 aliphatic rings. The number of piperazine rings is 1. The van der Waals surface area contributed by atoms with Crippen molar-refractivity contribution in [2.45, 2.75) is 31.4 Å². The molecule has 9 heteroatoms. The van der Waals surface area contributed by atoms with Crippen molar-refractivity contribution in [1.82, 2.24) is 10.6 Å². The number of carboxylic acids is 3. The summed E-state index contributed by atoms with van der Waals surface area (Å²) in [4.78, 5) is 30.5. The van der Waals surface area contributed by atoms with E-state index < -0.39 is 36.4 Å². The van der Waals surface area contributed by atoms with Crippen molar-refractivity contribution in [3.8, 4) is 0 Å². The van der Waals surface area contributed by atoms with Gasteiger partial charge in [-0.25, -0.2) is 4.79 Å². The topological polar surface area (TPSA) is 156 Å². The van der Waals surface area contributed by atoms with Gasteiger partial charge in [0.1, 0.15) is 0 Å². The van der Waals surface area contributed by atoms with Crippen LogP contribution in [-0.2, 0) is 14.4 Å². The summed E-state index contributed by atoms with van der Waals surface area (Å²) in [6, 6.07) is 0.675. The Morgan fingerprint density at radius 3 is 1.80 bits per heavy atom. The number of carboxylic acid groups (broad SMARTS) is 3. The van der Waals surface area contributed by atoms with Gasteiger partial charge in [-0.2, -0.15) is 0 Å². The molecule has 0 aromatic rings. The number of hydrogen-bond donors (Lipinski definition) is 6. The largest absolute Gasteiger partial charge is 0.481 e. The molecule has 1 aliphatic heterocycles. The molecular formula is C11H20N2O7. The van der Waals surface area contributed by atoms with Gasteiger partial charge in [0.05, 0.1) is 12.8 Å². The van der Waals surface area contributed by atoms with Crippen LogP contribution in [0.5, 0.6) is 0 Å². The van der Waals surface area contributed by atoms with Gasteiger partial charge in [-0.15, -0.1) is 0 Å². The predicted molar refractivity (Wildman–Crippen MR) is 67.4 cm³/mol. The fourth-order valence-corrected chi connectivity index (χ4v) is 1.51.